The van der Waals surface area contributed by atoms with E-state index in [-0.39, 0.29) is 23.9 Å². The van der Waals surface area contributed by atoms with E-state index in [1.54, 1.807) is 17.6 Å². The van der Waals surface area contributed by atoms with Crippen molar-refractivity contribution in [2.45, 2.75) is 81.0 Å². The van der Waals surface area contributed by atoms with Crippen LogP contribution in [0.5, 0.6) is 0 Å². The number of unbranched alkanes of at least 4 members (excludes halogenated alkanes) is 3. The number of nitrogens with zero attached hydrogens (tertiary/aromatic N) is 4. The number of primary amides is 1. The number of carbonyl (C=O) groups excluding carboxylic acids is 3. The van der Waals surface area contributed by atoms with Gasteiger partial charge in [0.2, 0.25) is 17.7 Å². The van der Waals surface area contributed by atoms with Crippen molar-refractivity contribution in [3.05, 3.63) is 52.6 Å². The van der Waals surface area contributed by atoms with Gasteiger partial charge in [0.15, 0.2) is 0 Å². The Hall–Kier alpha value is -4.13. The smallest absolute Gasteiger partial charge is 0.243 e. The summed E-state index contributed by atoms with van der Waals surface area (Å²) in [6.45, 7) is 3.01. The summed E-state index contributed by atoms with van der Waals surface area (Å²) in [5.41, 5.74) is 9.29. The molecule has 0 bridgehead atoms. The molecule has 3 rings (SSSR count). The molecule has 2 heterocycles. The molecule has 0 saturated carbocycles. The first-order valence-electron chi connectivity index (χ1n) is 14.2. The minimum Gasteiger partial charge on any atom is -0.368 e. The topological polar surface area (TPSA) is 185 Å². The van der Waals surface area contributed by atoms with Gasteiger partial charge in [-0.2, -0.15) is 10.5 Å². The Morgan fingerprint density at radius 2 is 1.67 bits per heavy atom. The van der Waals surface area contributed by atoms with Crippen LogP contribution in [0.3, 0.4) is 0 Å². The fraction of sp³-hybridized carbons (Fsp3) is 0.467. The summed E-state index contributed by atoms with van der Waals surface area (Å²) in [5.74, 6) is -0.487. The standard InChI is InChI=1S/C30H37N7O4S/c1-2-22-23(18-31)29(35-30(24(22)19-32)42-27(28(33)40)20-10-6-5-7-11-20)37-16-14-21(15-17-37)34-25(38)12-8-3-4-9-13-26(39)36-41/h5-7,10-11,21,27,41H,2-4,8-9,12-17H2,1H3,(H2,33,40)(H,34,38)(H,36,39). The average Bonchev–Trinajstić information content (AvgIpc) is 3.01. The van der Waals surface area contributed by atoms with Gasteiger partial charge in [0.1, 0.15) is 28.2 Å². The number of benzene rings is 1. The lowest BCUT2D eigenvalue weighted by atomic mass is 9.99. The van der Waals surface area contributed by atoms with Gasteiger partial charge in [-0.15, -0.1) is 0 Å². The SMILES string of the molecule is CCc1c(C#N)c(SC(C(N)=O)c2ccccc2)nc(N2CCC(NC(=O)CCCCCCC(=O)NO)CC2)c1C#N. The quantitative estimate of drug-likeness (QED) is 0.110. The van der Waals surface area contributed by atoms with Gasteiger partial charge < -0.3 is 16.0 Å². The second-order valence-corrected chi connectivity index (χ2v) is 11.2. The van der Waals surface area contributed by atoms with Crippen LogP contribution in [0.1, 0.15) is 85.8 Å². The molecule has 0 radical (unpaired) electrons. The highest BCUT2D eigenvalue weighted by Gasteiger charge is 2.29. The number of anilines is 1. The van der Waals surface area contributed by atoms with Crippen molar-refractivity contribution in [1.29, 1.82) is 10.5 Å². The van der Waals surface area contributed by atoms with E-state index in [4.69, 9.17) is 15.9 Å². The van der Waals surface area contributed by atoms with Gasteiger partial charge in [0, 0.05) is 32.0 Å². The fourth-order valence-corrected chi connectivity index (χ4v) is 6.10. The zero-order valence-corrected chi connectivity index (χ0v) is 24.6. The van der Waals surface area contributed by atoms with E-state index in [9.17, 15) is 24.9 Å². The van der Waals surface area contributed by atoms with Crippen molar-refractivity contribution >= 4 is 35.3 Å². The third kappa shape index (κ3) is 8.68. The van der Waals surface area contributed by atoms with E-state index < -0.39 is 17.1 Å². The number of hydrogen-bond acceptors (Lipinski definition) is 9. The Bertz CT molecular complexity index is 1330. The van der Waals surface area contributed by atoms with Gasteiger partial charge in [-0.05, 0) is 43.2 Å². The van der Waals surface area contributed by atoms with Gasteiger partial charge in [0.25, 0.3) is 0 Å². The average molecular weight is 592 g/mol. The van der Waals surface area contributed by atoms with Crippen LogP contribution in [0.2, 0.25) is 0 Å². The Kier molecular flexibility index (Phi) is 12.6. The van der Waals surface area contributed by atoms with Gasteiger partial charge in [-0.25, -0.2) is 10.5 Å². The molecule has 1 aliphatic heterocycles. The number of rotatable bonds is 14. The van der Waals surface area contributed by atoms with E-state index in [0.29, 0.717) is 72.7 Å². The van der Waals surface area contributed by atoms with Gasteiger partial charge >= 0.3 is 0 Å². The number of hydrogen-bond donors (Lipinski definition) is 4. The molecule has 12 heteroatoms. The lowest BCUT2D eigenvalue weighted by Gasteiger charge is -2.34. The van der Waals surface area contributed by atoms with Crippen molar-refractivity contribution in [2.75, 3.05) is 18.0 Å². The molecule has 0 spiro atoms. The van der Waals surface area contributed by atoms with Gasteiger partial charge in [-0.3, -0.25) is 19.6 Å². The molecular weight excluding hydrogens is 554 g/mol. The van der Waals surface area contributed by atoms with Crippen LogP contribution in [0, 0.1) is 22.7 Å². The normalized spacial score (nSPS) is 14.0. The van der Waals surface area contributed by atoms with E-state index >= 15 is 0 Å². The molecule has 2 aromatic rings. The predicted octanol–water partition coefficient (Wildman–Crippen LogP) is 3.64. The molecular formula is C30H37N7O4S. The number of nitriles is 2. The molecule has 3 amide bonds. The molecule has 42 heavy (non-hydrogen) atoms. The summed E-state index contributed by atoms with van der Waals surface area (Å²) in [6.07, 6.45) is 5.49. The Labute approximate surface area is 250 Å². The molecule has 1 atom stereocenters. The first kappa shape index (κ1) is 32.4. The molecule has 1 aromatic heterocycles. The molecule has 1 aromatic carbocycles. The van der Waals surface area contributed by atoms with E-state index in [2.05, 4.69) is 17.5 Å². The lowest BCUT2D eigenvalue weighted by molar-refractivity contribution is -0.129. The first-order chi connectivity index (χ1) is 20.3. The predicted molar refractivity (Wildman–Crippen MR) is 158 cm³/mol. The zero-order valence-electron chi connectivity index (χ0n) is 23.8. The zero-order chi connectivity index (χ0) is 30.5. The first-order valence-corrected chi connectivity index (χ1v) is 15.1. The van der Waals surface area contributed by atoms with Crippen molar-refractivity contribution in [3.63, 3.8) is 0 Å². The maximum absolute atomic E-state index is 12.5. The van der Waals surface area contributed by atoms with E-state index in [1.807, 2.05) is 30.0 Å². The summed E-state index contributed by atoms with van der Waals surface area (Å²) in [6, 6.07) is 13.5. The Balaban J connectivity index is 1.68. The number of nitrogens with two attached hydrogens (primary N) is 1. The molecule has 1 unspecified atom stereocenters. The number of pyridine rings is 1. The van der Waals surface area contributed by atoms with Crippen molar-refractivity contribution in [1.82, 2.24) is 15.8 Å². The van der Waals surface area contributed by atoms with E-state index in [1.165, 1.54) is 0 Å². The maximum Gasteiger partial charge on any atom is 0.243 e. The maximum atomic E-state index is 12.5. The van der Waals surface area contributed by atoms with Gasteiger partial charge in [0.05, 0.1) is 11.1 Å². The van der Waals surface area contributed by atoms with Crippen LogP contribution in [0.15, 0.2) is 35.4 Å². The third-order valence-corrected chi connectivity index (χ3v) is 8.52. The third-order valence-electron chi connectivity index (χ3n) is 7.26. The summed E-state index contributed by atoms with van der Waals surface area (Å²) in [5, 5.41) is 31.3. The van der Waals surface area contributed by atoms with Crippen LogP contribution in [-0.4, -0.2) is 47.0 Å². The van der Waals surface area contributed by atoms with Crippen LogP contribution < -0.4 is 21.4 Å². The van der Waals surface area contributed by atoms with Crippen molar-refractivity contribution < 1.29 is 19.6 Å². The molecule has 1 fully saturated rings. The summed E-state index contributed by atoms with van der Waals surface area (Å²) >= 11 is 1.12. The number of carbonyl (C=O) groups is 3. The molecule has 222 valence electrons. The number of thioether (sulfide) groups is 1. The Morgan fingerprint density at radius 1 is 1.05 bits per heavy atom. The van der Waals surface area contributed by atoms with Crippen LogP contribution >= 0.6 is 11.8 Å². The van der Waals surface area contributed by atoms with Crippen LogP contribution in [-0.2, 0) is 20.8 Å². The van der Waals surface area contributed by atoms with Gasteiger partial charge in [-0.1, -0.05) is 61.9 Å². The number of amides is 3. The number of nitrogens with one attached hydrogen (secondary N) is 2. The minimum atomic E-state index is -0.753. The van der Waals surface area contributed by atoms with E-state index in [0.717, 1.165) is 31.0 Å². The molecule has 5 N–H and O–H groups in total. The summed E-state index contributed by atoms with van der Waals surface area (Å²) in [7, 11) is 0. The van der Waals surface area contributed by atoms with Crippen LogP contribution in [0.4, 0.5) is 5.82 Å². The molecule has 0 aliphatic carbocycles. The fourth-order valence-electron chi connectivity index (χ4n) is 5.04. The number of aromatic nitrogens is 1. The lowest BCUT2D eigenvalue weighted by Crippen LogP contribution is -2.45. The number of hydroxylamine groups is 1. The number of piperidine rings is 1. The molecule has 1 aliphatic rings. The summed E-state index contributed by atoms with van der Waals surface area (Å²) in [4.78, 5) is 42.7. The minimum absolute atomic E-state index is 0.00253. The van der Waals surface area contributed by atoms with Crippen LogP contribution in [0.25, 0.3) is 0 Å². The van der Waals surface area contributed by atoms with Crippen molar-refractivity contribution in [2.24, 2.45) is 5.73 Å². The Morgan fingerprint density at radius 3 is 2.21 bits per heavy atom. The highest BCUT2D eigenvalue weighted by molar-refractivity contribution is 8.00. The molecule has 1 saturated heterocycles. The van der Waals surface area contributed by atoms with Crippen molar-refractivity contribution in [3.8, 4) is 12.1 Å². The largest absolute Gasteiger partial charge is 0.368 e. The molecule has 11 nitrogen and oxygen atoms in total. The highest BCUT2D eigenvalue weighted by Crippen LogP contribution is 2.39. The summed E-state index contributed by atoms with van der Waals surface area (Å²) < 4.78 is 0. The second-order valence-electron chi connectivity index (χ2n) is 10.1. The monoisotopic (exact) mass is 591 g/mol. The highest BCUT2D eigenvalue weighted by atomic mass is 32.2. The second kappa shape index (κ2) is 16.3.